The summed E-state index contributed by atoms with van der Waals surface area (Å²) in [5.41, 5.74) is 1.81. The van der Waals surface area contributed by atoms with Crippen molar-refractivity contribution in [3.8, 4) is 0 Å². The zero-order valence-corrected chi connectivity index (χ0v) is 12.6. The van der Waals surface area contributed by atoms with Crippen LogP contribution in [0.3, 0.4) is 0 Å². The van der Waals surface area contributed by atoms with Crippen molar-refractivity contribution < 1.29 is 4.79 Å². The number of hydrogen-bond acceptors (Lipinski definition) is 3. The van der Waals surface area contributed by atoms with Crippen molar-refractivity contribution in [2.24, 2.45) is 0 Å². The smallest absolute Gasteiger partial charge is 0.244 e. The van der Waals surface area contributed by atoms with E-state index < -0.39 is 0 Å². The molecule has 0 aliphatic carbocycles. The molecule has 0 N–H and O–H groups in total. The normalized spacial score (nSPS) is 10.8. The van der Waals surface area contributed by atoms with Gasteiger partial charge in [0.2, 0.25) is 5.91 Å². The number of likely N-dealkylation sites (N-methyl/N-ethyl adjacent to an activating group) is 1. The lowest BCUT2D eigenvalue weighted by atomic mass is 10.3. The summed E-state index contributed by atoms with van der Waals surface area (Å²) in [5, 5.41) is 8.86. The molecule has 0 aromatic carbocycles. The Balaban J connectivity index is 2.04. The number of rotatable bonds is 5. The fourth-order valence-electron chi connectivity index (χ4n) is 1.94. The molecule has 0 saturated carbocycles. The first-order valence-electron chi connectivity index (χ1n) is 6.45. The minimum absolute atomic E-state index is 0.0169. The molecule has 1 amide bonds. The number of hydrogen-bond donors (Lipinski definition) is 0. The number of carbonyl (C=O) groups excluding carboxylic acids is 1. The largest absolute Gasteiger partial charge is 0.338 e. The zero-order chi connectivity index (χ0) is 14.7. The molecular weight excluding hydrogens is 278 g/mol. The van der Waals surface area contributed by atoms with Gasteiger partial charge >= 0.3 is 0 Å². The minimum Gasteiger partial charge on any atom is -0.338 e. The molecule has 6 nitrogen and oxygen atoms in total. The van der Waals surface area contributed by atoms with Crippen LogP contribution in [0, 0.1) is 6.92 Å². The van der Waals surface area contributed by atoms with Gasteiger partial charge in [0.25, 0.3) is 0 Å². The van der Waals surface area contributed by atoms with E-state index in [2.05, 4.69) is 10.2 Å². The van der Waals surface area contributed by atoms with Gasteiger partial charge in [0.05, 0.1) is 23.5 Å². The Hall–Kier alpha value is -1.82. The van der Waals surface area contributed by atoms with Gasteiger partial charge in [-0.3, -0.25) is 14.2 Å². The van der Waals surface area contributed by atoms with E-state index in [1.165, 1.54) is 0 Å². The van der Waals surface area contributed by atoms with Crippen LogP contribution < -0.4 is 0 Å². The fraction of sp³-hybridized carbons (Fsp3) is 0.462. The van der Waals surface area contributed by atoms with Crippen LogP contribution in [0.15, 0.2) is 18.5 Å². The second kappa shape index (κ2) is 6.09. The Kier molecular flexibility index (Phi) is 4.44. The molecule has 2 aromatic rings. The predicted molar refractivity (Wildman–Crippen MR) is 76.3 cm³/mol. The van der Waals surface area contributed by atoms with Crippen molar-refractivity contribution >= 4 is 17.5 Å². The number of nitrogens with zero attached hydrogens (tertiary/aromatic N) is 5. The van der Waals surface area contributed by atoms with E-state index in [1.54, 1.807) is 33.7 Å². The summed E-state index contributed by atoms with van der Waals surface area (Å²) in [6.07, 6.45) is 3.29. The van der Waals surface area contributed by atoms with Gasteiger partial charge in [0, 0.05) is 25.5 Å². The number of aryl methyl sites for hydroxylation is 2. The Bertz CT molecular complexity index is 604. The number of carbonyl (C=O) groups is 1. The Morgan fingerprint density at radius 1 is 1.40 bits per heavy atom. The third-order valence-corrected chi connectivity index (χ3v) is 3.54. The molecular formula is C13H18ClN5O. The number of halogens is 1. The van der Waals surface area contributed by atoms with E-state index in [4.69, 9.17) is 11.6 Å². The molecule has 0 fully saturated rings. The van der Waals surface area contributed by atoms with Crippen molar-refractivity contribution in [2.45, 2.75) is 33.5 Å². The Morgan fingerprint density at radius 3 is 2.75 bits per heavy atom. The van der Waals surface area contributed by atoms with Gasteiger partial charge in [-0.25, -0.2) is 0 Å². The lowest BCUT2D eigenvalue weighted by molar-refractivity contribution is -0.131. The molecule has 0 aliphatic rings. The molecule has 2 rings (SSSR count). The maximum Gasteiger partial charge on any atom is 0.244 e. The number of amides is 1. The quantitative estimate of drug-likeness (QED) is 0.844. The fourth-order valence-corrected chi connectivity index (χ4v) is 2.14. The maximum absolute atomic E-state index is 12.2. The molecule has 108 valence electrons. The van der Waals surface area contributed by atoms with Crippen LogP contribution in [0.5, 0.6) is 0 Å². The molecule has 0 spiro atoms. The van der Waals surface area contributed by atoms with Crippen LogP contribution in [-0.4, -0.2) is 37.4 Å². The first kappa shape index (κ1) is 14.6. The second-order valence-corrected chi connectivity index (χ2v) is 5.04. The van der Waals surface area contributed by atoms with Crippen LogP contribution in [-0.2, 0) is 24.4 Å². The monoisotopic (exact) mass is 295 g/mol. The molecule has 20 heavy (non-hydrogen) atoms. The highest BCUT2D eigenvalue weighted by Gasteiger charge is 2.16. The van der Waals surface area contributed by atoms with Gasteiger partial charge in [-0.1, -0.05) is 11.6 Å². The highest BCUT2D eigenvalue weighted by atomic mass is 35.5. The molecule has 0 atom stereocenters. The summed E-state index contributed by atoms with van der Waals surface area (Å²) < 4.78 is 3.48. The standard InChI is InChI=1S/C13H18ClN5O/c1-4-18-12(11(14)7-16-18)8-17(3)13(20)9-19-10(2)5-6-15-19/h5-7H,4,8-9H2,1-3H3. The topological polar surface area (TPSA) is 56.0 Å². The van der Waals surface area contributed by atoms with Gasteiger partial charge in [-0.2, -0.15) is 10.2 Å². The molecule has 0 radical (unpaired) electrons. The van der Waals surface area contributed by atoms with E-state index in [0.717, 1.165) is 17.9 Å². The molecule has 0 bridgehead atoms. The van der Waals surface area contributed by atoms with Crippen LogP contribution >= 0.6 is 11.6 Å². The van der Waals surface area contributed by atoms with Gasteiger partial charge in [0.15, 0.2) is 0 Å². The number of aromatic nitrogens is 4. The van der Waals surface area contributed by atoms with Crippen molar-refractivity contribution in [3.63, 3.8) is 0 Å². The summed E-state index contributed by atoms with van der Waals surface area (Å²) >= 11 is 6.10. The first-order chi connectivity index (χ1) is 9.52. The molecule has 2 aromatic heterocycles. The van der Waals surface area contributed by atoms with Crippen LogP contribution in [0.1, 0.15) is 18.3 Å². The predicted octanol–water partition coefficient (Wildman–Crippen LogP) is 1.72. The van der Waals surface area contributed by atoms with Crippen LogP contribution in [0.4, 0.5) is 0 Å². The summed E-state index contributed by atoms with van der Waals surface area (Å²) in [5.74, 6) is -0.0169. The second-order valence-electron chi connectivity index (χ2n) is 4.64. The lowest BCUT2D eigenvalue weighted by Gasteiger charge is -2.18. The van der Waals surface area contributed by atoms with Crippen molar-refractivity contribution in [2.75, 3.05) is 7.05 Å². The molecule has 0 aliphatic heterocycles. The van der Waals surface area contributed by atoms with E-state index in [9.17, 15) is 4.79 Å². The minimum atomic E-state index is -0.0169. The van der Waals surface area contributed by atoms with Gasteiger partial charge in [-0.05, 0) is 19.9 Å². The third-order valence-electron chi connectivity index (χ3n) is 3.22. The zero-order valence-electron chi connectivity index (χ0n) is 11.9. The van der Waals surface area contributed by atoms with Gasteiger partial charge in [-0.15, -0.1) is 0 Å². The third kappa shape index (κ3) is 3.01. The van der Waals surface area contributed by atoms with Crippen LogP contribution in [0.2, 0.25) is 5.02 Å². The van der Waals surface area contributed by atoms with E-state index in [-0.39, 0.29) is 12.5 Å². The molecule has 7 heteroatoms. The maximum atomic E-state index is 12.2. The van der Waals surface area contributed by atoms with Gasteiger partial charge in [0.1, 0.15) is 6.54 Å². The Labute approximate surface area is 122 Å². The van der Waals surface area contributed by atoms with Crippen LogP contribution in [0.25, 0.3) is 0 Å². The average Bonchev–Trinajstić information content (AvgIpc) is 2.97. The lowest BCUT2D eigenvalue weighted by Crippen LogP contribution is -2.31. The van der Waals surface area contributed by atoms with E-state index in [1.807, 2.05) is 19.9 Å². The summed E-state index contributed by atoms with van der Waals surface area (Å²) in [7, 11) is 1.75. The summed E-state index contributed by atoms with van der Waals surface area (Å²) in [6.45, 7) is 5.30. The molecule has 2 heterocycles. The highest BCUT2D eigenvalue weighted by molar-refractivity contribution is 6.31. The van der Waals surface area contributed by atoms with Crippen molar-refractivity contribution in [1.29, 1.82) is 0 Å². The Morgan fingerprint density at radius 2 is 2.15 bits per heavy atom. The van der Waals surface area contributed by atoms with Gasteiger partial charge < -0.3 is 4.90 Å². The SMILES string of the molecule is CCn1ncc(Cl)c1CN(C)C(=O)Cn1nccc1C. The molecule has 0 unspecified atom stereocenters. The van der Waals surface area contributed by atoms with Crippen molar-refractivity contribution in [1.82, 2.24) is 24.5 Å². The molecule has 0 saturated heterocycles. The first-order valence-corrected chi connectivity index (χ1v) is 6.83. The van der Waals surface area contributed by atoms with E-state index in [0.29, 0.717) is 11.6 Å². The summed E-state index contributed by atoms with van der Waals surface area (Å²) in [6, 6.07) is 1.87. The van der Waals surface area contributed by atoms with Crippen molar-refractivity contribution in [3.05, 3.63) is 34.9 Å². The van der Waals surface area contributed by atoms with E-state index >= 15 is 0 Å². The highest BCUT2D eigenvalue weighted by Crippen LogP contribution is 2.16. The summed E-state index contributed by atoms with van der Waals surface area (Å²) in [4.78, 5) is 13.8. The average molecular weight is 296 g/mol.